The molecule has 16 heavy (non-hydrogen) atoms. The molecule has 0 saturated heterocycles. The molecule has 0 saturated carbocycles. The molecule has 0 unspecified atom stereocenters. The Morgan fingerprint density at radius 2 is 1.62 bits per heavy atom. The highest BCUT2D eigenvalue weighted by atomic mass is 79.9. The molecular formula is C11H9BrO4. The third-order valence-electron chi connectivity index (χ3n) is 2.08. The molecule has 84 valence electrons. The van der Waals surface area contributed by atoms with Gasteiger partial charge in [0.1, 0.15) is 5.57 Å². The van der Waals surface area contributed by atoms with Crippen molar-refractivity contribution >= 4 is 33.4 Å². The van der Waals surface area contributed by atoms with Crippen molar-refractivity contribution in [2.45, 2.75) is 6.92 Å². The molecule has 0 aliphatic heterocycles. The Bertz CT molecular complexity index is 461. The maximum absolute atomic E-state index is 10.8. The minimum absolute atomic E-state index is 0.215. The standard InChI is InChI=1S/C11H9BrO4/c1-6(9(10(13)14)11(15)16)7-4-2-3-5-8(7)12/h2-5H,1H3,(H,13,14)(H,15,16). The molecule has 0 atom stereocenters. The Kier molecular flexibility index (Phi) is 3.84. The summed E-state index contributed by atoms with van der Waals surface area (Å²) in [6.07, 6.45) is 0. The third kappa shape index (κ3) is 2.49. The van der Waals surface area contributed by atoms with Crippen molar-refractivity contribution in [2.75, 3.05) is 0 Å². The predicted molar refractivity (Wildman–Crippen MR) is 62.0 cm³/mol. The van der Waals surface area contributed by atoms with Crippen molar-refractivity contribution in [1.82, 2.24) is 0 Å². The van der Waals surface area contributed by atoms with Crippen molar-refractivity contribution in [1.29, 1.82) is 0 Å². The number of carboxylic acids is 2. The average Bonchev–Trinajstić information content (AvgIpc) is 2.16. The summed E-state index contributed by atoms with van der Waals surface area (Å²) >= 11 is 3.24. The fourth-order valence-corrected chi connectivity index (χ4v) is 1.89. The Morgan fingerprint density at radius 1 is 1.12 bits per heavy atom. The van der Waals surface area contributed by atoms with Crippen LogP contribution in [0.1, 0.15) is 12.5 Å². The first-order valence-electron chi connectivity index (χ1n) is 4.37. The summed E-state index contributed by atoms with van der Waals surface area (Å²) in [6, 6.07) is 6.86. The fourth-order valence-electron chi connectivity index (χ4n) is 1.31. The van der Waals surface area contributed by atoms with Gasteiger partial charge in [-0.2, -0.15) is 0 Å². The molecule has 0 aliphatic rings. The zero-order valence-corrected chi connectivity index (χ0v) is 9.98. The molecule has 2 N–H and O–H groups in total. The van der Waals surface area contributed by atoms with E-state index in [2.05, 4.69) is 15.9 Å². The lowest BCUT2D eigenvalue weighted by Gasteiger charge is -2.06. The summed E-state index contributed by atoms with van der Waals surface area (Å²) < 4.78 is 0.660. The lowest BCUT2D eigenvalue weighted by molar-refractivity contribution is -0.140. The Morgan fingerprint density at radius 3 is 2.06 bits per heavy atom. The van der Waals surface area contributed by atoms with Crippen LogP contribution in [0.3, 0.4) is 0 Å². The van der Waals surface area contributed by atoms with Gasteiger partial charge < -0.3 is 10.2 Å². The molecule has 1 aromatic rings. The Hall–Kier alpha value is -1.62. The first-order valence-corrected chi connectivity index (χ1v) is 5.16. The molecule has 0 bridgehead atoms. The zero-order valence-electron chi connectivity index (χ0n) is 8.40. The van der Waals surface area contributed by atoms with E-state index in [1.807, 2.05) is 0 Å². The second-order valence-electron chi connectivity index (χ2n) is 3.09. The first kappa shape index (κ1) is 12.4. The van der Waals surface area contributed by atoms with E-state index in [-0.39, 0.29) is 5.57 Å². The molecule has 0 spiro atoms. The van der Waals surface area contributed by atoms with Crippen molar-refractivity contribution in [3.8, 4) is 0 Å². The molecule has 0 aromatic heterocycles. The van der Waals surface area contributed by atoms with E-state index < -0.39 is 17.5 Å². The summed E-state index contributed by atoms with van der Waals surface area (Å²) in [5, 5.41) is 17.6. The number of rotatable bonds is 3. The molecular weight excluding hydrogens is 276 g/mol. The van der Waals surface area contributed by atoms with Gasteiger partial charge in [-0.15, -0.1) is 0 Å². The van der Waals surface area contributed by atoms with Gasteiger partial charge in [0.05, 0.1) is 0 Å². The third-order valence-corrected chi connectivity index (χ3v) is 2.77. The summed E-state index contributed by atoms with van der Waals surface area (Å²) in [5.74, 6) is -2.89. The normalized spacial score (nSPS) is 9.62. The minimum Gasteiger partial charge on any atom is -0.477 e. The fraction of sp³-hybridized carbons (Fsp3) is 0.0909. The van der Waals surface area contributed by atoms with E-state index in [0.717, 1.165) is 0 Å². The van der Waals surface area contributed by atoms with Crippen LogP contribution in [0.2, 0.25) is 0 Å². The molecule has 0 fully saturated rings. The first-order chi connectivity index (χ1) is 7.45. The van der Waals surface area contributed by atoms with Gasteiger partial charge in [-0.05, 0) is 24.1 Å². The van der Waals surface area contributed by atoms with Crippen molar-refractivity contribution in [3.05, 3.63) is 39.9 Å². The van der Waals surface area contributed by atoms with Crippen LogP contribution in [0.4, 0.5) is 0 Å². The van der Waals surface area contributed by atoms with Gasteiger partial charge in [-0.25, -0.2) is 9.59 Å². The van der Waals surface area contributed by atoms with Crippen molar-refractivity contribution in [2.24, 2.45) is 0 Å². The maximum Gasteiger partial charge on any atom is 0.343 e. The highest BCUT2D eigenvalue weighted by molar-refractivity contribution is 9.10. The second-order valence-corrected chi connectivity index (χ2v) is 3.94. The predicted octanol–water partition coefficient (Wildman–Crippen LogP) is 2.39. The van der Waals surface area contributed by atoms with Gasteiger partial charge >= 0.3 is 11.9 Å². The van der Waals surface area contributed by atoms with E-state index in [1.165, 1.54) is 6.92 Å². The number of allylic oxidation sites excluding steroid dienone is 1. The van der Waals surface area contributed by atoms with Crippen LogP contribution in [0.25, 0.3) is 5.57 Å². The van der Waals surface area contributed by atoms with Gasteiger partial charge in [0, 0.05) is 4.47 Å². The number of aliphatic carboxylic acids is 2. The summed E-state index contributed by atoms with van der Waals surface area (Å²) in [7, 11) is 0. The molecule has 1 aromatic carbocycles. The van der Waals surface area contributed by atoms with Gasteiger partial charge in [-0.3, -0.25) is 0 Å². The monoisotopic (exact) mass is 284 g/mol. The van der Waals surface area contributed by atoms with Crippen LogP contribution in [0.15, 0.2) is 34.3 Å². The van der Waals surface area contributed by atoms with Crippen LogP contribution in [-0.4, -0.2) is 22.2 Å². The van der Waals surface area contributed by atoms with E-state index in [9.17, 15) is 9.59 Å². The summed E-state index contributed by atoms with van der Waals surface area (Å²) in [5.41, 5.74) is 0.154. The zero-order chi connectivity index (χ0) is 12.3. The van der Waals surface area contributed by atoms with Gasteiger partial charge in [0.2, 0.25) is 0 Å². The smallest absolute Gasteiger partial charge is 0.343 e. The number of carbonyl (C=O) groups is 2. The SMILES string of the molecule is CC(=C(C(=O)O)C(=O)O)c1ccccc1Br. The van der Waals surface area contributed by atoms with Crippen LogP contribution in [0.5, 0.6) is 0 Å². The number of carboxylic acid groups (broad SMARTS) is 2. The van der Waals surface area contributed by atoms with E-state index in [1.54, 1.807) is 24.3 Å². The molecule has 0 amide bonds. The Labute approximate surface area is 100 Å². The van der Waals surface area contributed by atoms with Gasteiger partial charge in [0.25, 0.3) is 0 Å². The second kappa shape index (κ2) is 4.94. The molecule has 0 heterocycles. The number of halogens is 1. The Balaban J connectivity index is 3.42. The minimum atomic E-state index is -1.44. The number of hydrogen-bond donors (Lipinski definition) is 2. The highest BCUT2D eigenvalue weighted by Crippen LogP contribution is 2.26. The lowest BCUT2D eigenvalue weighted by Crippen LogP contribution is -2.13. The van der Waals surface area contributed by atoms with Crippen LogP contribution in [0, 0.1) is 0 Å². The largest absolute Gasteiger partial charge is 0.477 e. The van der Waals surface area contributed by atoms with E-state index in [0.29, 0.717) is 10.0 Å². The van der Waals surface area contributed by atoms with Crippen LogP contribution in [-0.2, 0) is 9.59 Å². The highest BCUT2D eigenvalue weighted by Gasteiger charge is 2.21. The maximum atomic E-state index is 10.8. The molecule has 1 rings (SSSR count). The van der Waals surface area contributed by atoms with Gasteiger partial charge in [-0.1, -0.05) is 34.1 Å². The van der Waals surface area contributed by atoms with E-state index in [4.69, 9.17) is 10.2 Å². The average molecular weight is 285 g/mol. The van der Waals surface area contributed by atoms with E-state index >= 15 is 0 Å². The quantitative estimate of drug-likeness (QED) is 0.508. The molecule has 0 aliphatic carbocycles. The van der Waals surface area contributed by atoms with Crippen molar-refractivity contribution < 1.29 is 19.8 Å². The van der Waals surface area contributed by atoms with Crippen LogP contribution < -0.4 is 0 Å². The summed E-state index contributed by atoms with van der Waals surface area (Å²) in [6.45, 7) is 1.47. The topological polar surface area (TPSA) is 74.6 Å². The van der Waals surface area contributed by atoms with Crippen molar-refractivity contribution in [3.63, 3.8) is 0 Å². The van der Waals surface area contributed by atoms with Crippen LogP contribution >= 0.6 is 15.9 Å². The number of benzene rings is 1. The molecule has 5 heteroatoms. The number of hydrogen-bond acceptors (Lipinski definition) is 2. The molecule has 4 nitrogen and oxygen atoms in total. The van der Waals surface area contributed by atoms with Gasteiger partial charge in [0.15, 0.2) is 0 Å². The summed E-state index contributed by atoms with van der Waals surface area (Å²) in [4.78, 5) is 21.6. The molecule has 0 radical (unpaired) electrons. The lowest BCUT2D eigenvalue weighted by atomic mass is 10.0.